The van der Waals surface area contributed by atoms with Crippen LogP contribution in [0.15, 0.2) is 72.8 Å². The van der Waals surface area contributed by atoms with Gasteiger partial charge in [-0.1, -0.05) is 75.4 Å². The first-order valence-electron chi connectivity index (χ1n) is 8.67. The number of H-pyrrole nitrogens is 1. The van der Waals surface area contributed by atoms with Gasteiger partial charge in [0.15, 0.2) is 0 Å². The fourth-order valence-corrected chi connectivity index (χ4v) is 3.10. The van der Waals surface area contributed by atoms with Gasteiger partial charge in [-0.25, -0.2) is 4.98 Å². The predicted octanol–water partition coefficient (Wildman–Crippen LogP) is 6.19. The first kappa shape index (κ1) is 15.6. The maximum absolute atomic E-state index is 4.71. The molecule has 0 aliphatic rings. The molecule has 1 aromatic heterocycles. The summed E-state index contributed by atoms with van der Waals surface area (Å²) in [5.41, 5.74) is 7.13. The van der Waals surface area contributed by atoms with E-state index < -0.39 is 0 Å². The largest absolute Gasteiger partial charge is 0.338 e. The van der Waals surface area contributed by atoms with Gasteiger partial charge in [0.2, 0.25) is 0 Å². The number of aromatic nitrogens is 2. The Balaban J connectivity index is 1.72. The van der Waals surface area contributed by atoms with Crippen molar-refractivity contribution in [2.75, 3.05) is 0 Å². The smallest absolute Gasteiger partial charge is 0.138 e. The van der Waals surface area contributed by atoms with E-state index in [-0.39, 0.29) is 5.41 Å². The maximum atomic E-state index is 4.71. The van der Waals surface area contributed by atoms with Gasteiger partial charge in [-0.05, 0) is 40.3 Å². The van der Waals surface area contributed by atoms with Crippen molar-refractivity contribution in [1.29, 1.82) is 0 Å². The summed E-state index contributed by atoms with van der Waals surface area (Å²) in [6, 6.07) is 25.5. The zero-order chi connectivity index (χ0) is 17.4. The third-order valence-corrected chi connectivity index (χ3v) is 4.61. The summed E-state index contributed by atoms with van der Waals surface area (Å²) in [6.07, 6.45) is 0. The minimum absolute atomic E-state index is 0.175. The zero-order valence-electron chi connectivity index (χ0n) is 14.9. The fourth-order valence-electron chi connectivity index (χ4n) is 3.10. The van der Waals surface area contributed by atoms with Gasteiger partial charge in [-0.3, -0.25) is 0 Å². The van der Waals surface area contributed by atoms with Crippen molar-refractivity contribution in [3.8, 4) is 22.5 Å². The highest BCUT2D eigenvalue weighted by molar-refractivity contribution is 5.80. The molecule has 4 rings (SSSR count). The van der Waals surface area contributed by atoms with Gasteiger partial charge in [0.25, 0.3) is 0 Å². The molecule has 0 spiro atoms. The van der Waals surface area contributed by atoms with E-state index in [2.05, 4.69) is 80.4 Å². The van der Waals surface area contributed by atoms with Crippen molar-refractivity contribution in [2.45, 2.75) is 26.2 Å². The molecular weight excluding hydrogens is 304 g/mol. The molecule has 4 aromatic rings. The van der Waals surface area contributed by atoms with Crippen molar-refractivity contribution < 1.29 is 0 Å². The van der Waals surface area contributed by atoms with Crippen LogP contribution in [-0.4, -0.2) is 9.97 Å². The molecule has 3 aromatic carbocycles. The number of aromatic amines is 1. The number of hydrogen-bond acceptors (Lipinski definition) is 1. The number of nitrogens with zero attached hydrogens (tertiary/aromatic N) is 1. The molecule has 0 fully saturated rings. The monoisotopic (exact) mass is 326 g/mol. The average Bonchev–Trinajstić information content (AvgIpc) is 3.05. The molecule has 0 amide bonds. The van der Waals surface area contributed by atoms with Crippen LogP contribution >= 0.6 is 0 Å². The Labute approximate surface area is 148 Å². The molecule has 0 aliphatic carbocycles. The molecule has 0 bridgehead atoms. The number of nitrogens with one attached hydrogen (secondary N) is 1. The lowest BCUT2D eigenvalue weighted by molar-refractivity contribution is 0.590. The second-order valence-electron chi connectivity index (χ2n) is 7.51. The number of rotatable bonds is 2. The molecule has 0 radical (unpaired) electrons. The van der Waals surface area contributed by atoms with Crippen LogP contribution in [0.4, 0.5) is 0 Å². The number of imidazole rings is 1. The van der Waals surface area contributed by atoms with E-state index >= 15 is 0 Å². The highest BCUT2D eigenvalue weighted by Crippen LogP contribution is 2.29. The first-order valence-corrected chi connectivity index (χ1v) is 8.67. The van der Waals surface area contributed by atoms with Crippen LogP contribution in [-0.2, 0) is 5.41 Å². The Hall–Kier alpha value is -2.87. The molecular formula is C23H22N2. The van der Waals surface area contributed by atoms with Crippen LogP contribution in [0.3, 0.4) is 0 Å². The molecule has 2 heteroatoms. The standard InChI is InChI=1S/C23H22N2/c1-23(2,3)19-13-11-16(12-14-19)17-7-6-8-18(15-17)22-24-20-9-4-5-10-21(20)25-22/h4-15H,1-3H3,(H,24,25). The highest BCUT2D eigenvalue weighted by atomic mass is 14.9. The van der Waals surface area contributed by atoms with Gasteiger partial charge in [-0.15, -0.1) is 0 Å². The Morgan fingerprint density at radius 3 is 2.16 bits per heavy atom. The van der Waals surface area contributed by atoms with E-state index in [4.69, 9.17) is 4.98 Å². The van der Waals surface area contributed by atoms with E-state index in [1.807, 2.05) is 18.2 Å². The van der Waals surface area contributed by atoms with Crippen LogP contribution < -0.4 is 0 Å². The maximum Gasteiger partial charge on any atom is 0.138 e. The lowest BCUT2D eigenvalue weighted by Gasteiger charge is -2.19. The summed E-state index contributed by atoms with van der Waals surface area (Å²) in [5.74, 6) is 0.911. The molecule has 124 valence electrons. The Morgan fingerprint density at radius 1 is 0.720 bits per heavy atom. The molecule has 0 aliphatic heterocycles. The molecule has 0 unspecified atom stereocenters. The van der Waals surface area contributed by atoms with Crippen molar-refractivity contribution in [3.05, 3.63) is 78.4 Å². The summed E-state index contributed by atoms with van der Waals surface area (Å²) in [6.45, 7) is 6.72. The zero-order valence-corrected chi connectivity index (χ0v) is 14.9. The lowest BCUT2D eigenvalue weighted by Crippen LogP contribution is -2.10. The van der Waals surface area contributed by atoms with Gasteiger partial charge in [0.1, 0.15) is 5.82 Å². The Morgan fingerprint density at radius 2 is 1.44 bits per heavy atom. The van der Waals surface area contributed by atoms with Gasteiger partial charge < -0.3 is 4.98 Å². The fraction of sp³-hybridized carbons (Fsp3) is 0.174. The van der Waals surface area contributed by atoms with E-state index in [1.165, 1.54) is 16.7 Å². The van der Waals surface area contributed by atoms with E-state index in [1.54, 1.807) is 0 Å². The van der Waals surface area contributed by atoms with Gasteiger partial charge >= 0.3 is 0 Å². The van der Waals surface area contributed by atoms with Crippen LogP contribution in [0.5, 0.6) is 0 Å². The van der Waals surface area contributed by atoms with Gasteiger partial charge in [0, 0.05) is 5.56 Å². The van der Waals surface area contributed by atoms with E-state index in [0.29, 0.717) is 0 Å². The van der Waals surface area contributed by atoms with E-state index in [9.17, 15) is 0 Å². The Bertz CT molecular complexity index is 985. The van der Waals surface area contributed by atoms with E-state index in [0.717, 1.165) is 22.4 Å². The van der Waals surface area contributed by atoms with Crippen LogP contribution in [0.25, 0.3) is 33.5 Å². The van der Waals surface area contributed by atoms with Crippen molar-refractivity contribution in [2.24, 2.45) is 0 Å². The van der Waals surface area contributed by atoms with Gasteiger partial charge in [0.05, 0.1) is 11.0 Å². The van der Waals surface area contributed by atoms with Crippen LogP contribution in [0, 0.1) is 0 Å². The summed E-state index contributed by atoms with van der Waals surface area (Å²) >= 11 is 0. The van der Waals surface area contributed by atoms with Crippen molar-refractivity contribution in [1.82, 2.24) is 9.97 Å². The highest BCUT2D eigenvalue weighted by Gasteiger charge is 2.13. The molecule has 1 heterocycles. The minimum Gasteiger partial charge on any atom is -0.338 e. The quantitative estimate of drug-likeness (QED) is 0.467. The summed E-state index contributed by atoms with van der Waals surface area (Å²) < 4.78 is 0. The lowest BCUT2D eigenvalue weighted by atomic mass is 9.86. The summed E-state index contributed by atoms with van der Waals surface area (Å²) in [7, 11) is 0. The summed E-state index contributed by atoms with van der Waals surface area (Å²) in [4.78, 5) is 8.12. The van der Waals surface area contributed by atoms with Crippen molar-refractivity contribution >= 4 is 11.0 Å². The van der Waals surface area contributed by atoms with Crippen molar-refractivity contribution in [3.63, 3.8) is 0 Å². The normalized spacial score (nSPS) is 11.8. The molecule has 0 saturated carbocycles. The van der Waals surface area contributed by atoms with Crippen LogP contribution in [0.1, 0.15) is 26.3 Å². The number of benzene rings is 3. The van der Waals surface area contributed by atoms with Gasteiger partial charge in [-0.2, -0.15) is 0 Å². The topological polar surface area (TPSA) is 28.7 Å². The van der Waals surface area contributed by atoms with Crippen LogP contribution in [0.2, 0.25) is 0 Å². The molecule has 0 atom stereocenters. The first-order chi connectivity index (χ1) is 12.0. The minimum atomic E-state index is 0.175. The second-order valence-corrected chi connectivity index (χ2v) is 7.51. The number of fused-ring (bicyclic) bond motifs is 1. The third-order valence-electron chi connectivity index (χ3n) is 4.61. The molecule has 1 N–H and O–H groups in total. The number of para-hydroxylation sites is 2. The SMILES string of the molecule is CC(C)(C)c1ccc(-c2cccc(-c3nc4ccccc4[nH]3)c2)cc1. The summed E-state index contributed by atoms with van der Waals surface area (Å²) in [5, 5.41) is 0. The third kappa shape index (κ3) is 3.08. The average molecular weight is 326 g/mol. The Kier molecular flexibility index (Phi) is 3.69. The molecule has 0 saturated heterocycles. The predicted molar refractivity (Wildman–Crippen MR) is 106 cm³/mol. The molecule has 25 heavy (non-hydrogen) atoms. The molecule has 2 nitrogen and oxygen atoms in total. The second kappa shape index (κ2) is 5.89. The number of hydrogen-bond donors (Lipinski definition) is 1.